The number of anilines is 1. The van der Waals surface area contributed by atoms with E-state index in [-0.39, 0.29) is 29.3 Å². The van der Waals surface area contributed by atoms with Gasteiger partial charge in [-0.15, -0.1) is 0 Å². The Hall–Kier alpha value is -3.80. The van der Waals surface area contributed by atoms with Gasteiger partial charge in [0.1, 0.15) is 0 Å². The summed E-state index contributed by atoms with van der Waals surface area (Å²) in [6.07, 6.45) is 0. The molecule has 2 amide bonds. The summed E-state index contributed by atoms with van der Waals surface area (Å²) in [4.78, 5) is 39.3. The summed E-state index contributed by atoms with van der Waals surface area (Å²) in [6.45, 7) is 1.70. The molecular formula is C25H18N2O4. The van der Waals surface area contributed by atoms with Crippen LogP contribution in [0.15, 0.2) is 66.7 Å². The van der Waals surface area contributed by atoms with Crippen LogP contribution in [-0.4, -0.2) is 16.7 Å². The van der Waals surface area contributed by atoms with Crippen molar-refractivity contribution in [1.29, 1.82) is 0 Å². The minimum Gasteiger partial charge on any atom is -0.274 e. The molecule has 2 atom stereocenters. The number of nitrogens with zero attached hydrogens (tertiary/aromatic N) is 2. The van der Waals surface area contributed by atoms with Crippen LogP contribution < -0.4 is 4.90 Å². The van der Waals surface area contributed by atoms with E-state index in [0.717, 1.165) is 22.3 Å². The van der Waals surface area contributed by atoms with Crippen molar-refractivity contribution in [3.63, 3.8) is 0 Å². The molecular weight excluding hydrogens is 392 g/mol. The highest BCUT2D eigenvalue weighted by Crippen LogP contribution is 2.61. The predicted octanol–water partition coefficient (Wildman–Crippen LogP) is 4.30. The number of hydrogen-bond acceptors (Lipinski definition) is 4. The topological polar surface area (TPSA) is 80.5 Å². The molecule has 0 spiro atoms. The van der Waals surface area contributed by atoms with Gasteiger partial charge < -0.3 is 0 Å². The molecule has 152 valence electrons. The van der Waals surface area contributed by atoms with Gasteiger partial charge in [-0.3, -0.25) is 19.7 Å². The van der Waals surface area contributed by atoms with Crippen molar-refractivity contribution < 1.29 is 14.5 Å². The van der Waals surface area contributed by atoms with Crippen LogP contribution >= 0.6 is 0 Å². The number of non-ortho nitro benzene ring substituents is 1. The number of aryl methyl sites for hydroxylation is 1. The van der Waals surface area contributed by atoms with Gasteiger partial charge in [0.15, 0.2) is 0 Å². The molecule has 1 aliphatic heterocycles. The van der Waals surface area contributed by atoms with E-state index < -0.39 is 16.8 Å². The maximum Gasteiger partial charge on any atom is 0.269 e. The lowest BCUT2D eigenvalue weighted by Crippen LogP contribution is -2.41. The zero-order valence-corrected chi connectivity index (χ0v) is 16.7. The van der Waals surface area contributed by atoms with Gasteiger partial charge in [0, 0.05) is 24.0 Å². The van der Waals surface area contributed by atoms with E-state index >= 15 is 0 Å². The van der Waals surface area contributed by atoms with Crippen LogP contribution in [0.2, 0.25) is 0 Å². The van der Waals surface area contributed by atoms with Crippen molar-refractivity contribution in [3.05, 3.63) is 105 Å². The van der Waals surface area contributed by atoms with Gasteiger partial charge >= 0.3 is 0 Å². The number of carbonyl (C=O) groups is 2. The first kappa shape index (κ1) is 18.0. The zero-order valence-electron chi connectivity index (χ0n) is 16.7. The van der Waals surface area contributed by atoms with Crippen molar-refractivity contribution in [1.82, 2.24) is 0 Å². The first-order chi connectivity index (χ1) is 15.0. The van der Waals surface area contributed by atoms with Crippen LogP contribution in [0.3, 0.4) is 0 Å². The molecule has 0 aromatic heterocycles. The molecule has 1 fully saturated rings. The van der Waals surface area contributed by atoms with Gasteiger partial charge in [-0.1, -0.05) is 48.5 Å². The minimum absolute atomic E-state index is 0.0577. The van der Waals surface area contributed by atoms with Crippen LogP contribution in [-0.2, 0) is 9.59 Å². The fraction of sp³-hybridized carbons (Fsp3) is 0.200. The fourth-order valence-electron chi connectivity index (χ4n) is 5.92. The molecule has 3 aromatic carbocycles. The summed E-state index contributed by atoms with van der Waals surface area (Å²) in [7, 11) is 0. The van der Waals surface area contributed by atoms with Crippen molar-refractivity contribution in [2.45, 2.75) is 18.8 Å². The highest BCUT2D eigenvalue weighted by molar-refractivity contribution is 6.23. The number of nitro groups is 1. The molecule has 6 nitrogen and oxygen atoms in total. The van der Waals surface area contributed by atoms with Gasteiger partial charge in [-0.05, 0) is 40.8 Å². The number of carbonyl (C=O) groups excluding carboxylic acids is 2. The average molecular weight is 410 g/mol. The second kappa shape index (κ2) is 6.11. The minimum atomic E-state index is -0.475. The van der Waals surface area contributed by atoms with E-state index in [2.05, 4.69) is 24.3 Å². The Bertz CT molecular complexity index is 1200. The molecule has 2 bridgehead atoms. The predicted molar refractivity (Wildman–Crippen MR) is 114 cm³/mol. The lowest BCUT2D eigenvalue weighted by atomic mass is 9.55. The lowest BCUT2D eigenvalue weighted by Gasteiger charge is -2.45. The average Bonchev–Trinajstić information content (AvgIpc) is 3.04. The Balaban J connectivity index is 1.53. The zero-order chi connectivity index (χ0) is 21.4. The molecule has 0 radical (unpaired) electrons. The van der Waals surface area contributed by atoms with E-state index in [1.807, 2.05) is 24.3 Å². The summed E-state index contributed by atoms with van der Waals surface area (Å²) >= 11 is 0. The van der Waals surface area contributed by atoms with Crippen LogP contribution in [0.1, 0.15) is 39.7 Å². The molecule has 1 heterocycles. The number of benzene rings is 3. The molecule has 3 aliphatic carbocycles. The second-order valence-corrected chi connectivity index (χ2v) is 8.50. The first-order valence-electron chi connectivity index (χ1n) is 10.3. The molecule has 1 saturated heterocycles. The number of amides is 2. The Morgan fingerprint density at radius 1 is 0.774 bits per heavy atom. The fourth-order valence-corrected chi connectivity index (χ4v) is 5.92. The quantitative estimate of drug-likeness (QED) is 0.358. The van der Waals surface area contributed by atoms with Crippen molar-refractivity contribution >= 4 is 23.2 Å². The SMILES string of the molecule is Cc1cc([N+](=O)[O-])ccc1N1C(=O)[C@@H]2C3c4ccccc4C(c4ccccc43)[C@H]2C1=O. The molecule has 4 aliphatic rings. The Morgan fingerprint density at radius 3 is 1.61 bits per heavy atom. The molecule has 6 heteroatoms. The van der Waals surface area contributed by atoms with E-state index in [9.17, 15) is 19.7 Å². The van der Waals surface area contributed by atoms with Crippen LogP contribution in [0.5, 0.6) is 0 Å². The lowest BCUT2D eigenvalue weighted by molar-refractivity contribution is -0.384. The van der Waals surface area contributed by atoms with E-state index in [1.54, 1.807) is 6.92 Å². The highest BCUT2D eigenvalue weighted by Gasteiger charge is 2.61. The van der Waals surface area contributed by atoms with Gasteiger partial charge in [-0.25, -0.2) is 4.90 Å². The number of rotatable bonds is 2. The Kier molecular flexibility index (Phi) is 3.55. The molecule has 7 rings (SSSR count). The molecule has 3 aromatic rings. The summed E-state index contributed by atoms with van der Waals surface area (Å²) in [6, 6.07) is 20.5. The van der Waals surface area contributed by atoms with Crippen molar-refractivity contribution in [2.24, 2.45) is 11.8 Å². The monoisotopic (exact) mass is 410 g/mol. The third-order valence-corrected chi connectivity index (χ3v) is 7.08. The molecule has 0 saturated carbocycles. The van der Waals surface area contributed by atoms with Gasteiger partial charge in [0.2, 0.25) is 11.8 Å². The highest BCUT2D eigenvalue weighted by atomic mass is 16.6. The van der Waals surface area contributed by atoms with Crippen LogP contribution in [0.25, 0.3) is 0 Å². The molecule has 0 unspecified atom stereocenters. The van der Waals surface area contributed by atoms with E-state index in [4.69, 9.17) is 0 Å². The summed E-state index contributed by atoms with van der Waals surface area (Å²) in [5.74, 6) is -1.69. The molecule has 0 N–H and O–H groups in total. The van der Waals surface area contributed by atoms with Gasteiger partial charge in [0.05, 0.1) is 22.4 Å². The molecule has 31 heavy (non-hydrogen) atoms. The normalized spacial score (nSPS) is 25.3. The maximum atomic E-state index is 13.7. The first-order valence-corrected chi connectivity index (χ1v) is 10.3. The second-order valence-electron chi connectivity index (χ2n) is 8.50. The standard InChI is InChI=1S/C25H18N2O4/c1-13-12-14(27(30)31)10-11-19(13)26-24(28)22-20-15-6-2-3-7-16(15)21(23(22)25(26)29)18-9-5-4-8-17(18)20/h2-12,20-23H,1H3/t20?,21?,22-,23-/m1/s1. The van der Waals surface area contributed by atoms with E-state index in [0.29, 0.717) is 11.3 Å². The number of imide groups is 1. The van der Waals surface area contributed by atoms with Crippen molar-refractivity contribution in [3.8, 4) is 0 Å². The number of hydrogen-bond donors (Lipinski definition) is 0. The van der Waals surface area contributed by atoms with Crippen LogP contribution in [0, 0.1) is 28.9 Å². The smallest absolute Gasteiger partial charge is 0.269 e. The summed E-state index contributed by atoms with van der Waals surface area (Å²) < 4.78 is 0. The van der Waals surface area contributed by atoms with Crippen LogP contribution in [0.4, 0.5) is 11.4 Å². The Labute approximate surface area is 178 Å². The summed E-state index contributed by atoms with van der Waals surface area (Å²) in [5.41, 5.74) is 5.40. The Morgan fingerprint density at radius 2 is 1.23 bits per heavy atom. The third-order valence-electron chi connectivity index (χ3n) is 7.08. The largest absolute Gasteiger partial charge is 0.274 e. The maximum absolute atomic E-state index is 13.7. The number of nitro benzene ring substituents is 1. The van der Waals surface area contributed by atoms with Crippen molar-refractivity contribution in [2.75, 3.05) is 4.90 Å². The van der Waals surface area contributed by atoms with Gasteiger partial charge in [-0.2, -0.15) is 0 Å². The summed E-state index contributed by atoms with van der Waals surface area (Å²) in [5, 5.41) is 11.1. The third kappa shape index (κ3) is 2.22. The van der Waals surface area contributed by atoms with E-state index in [1.165, 1.54) is 23.1 Å². The van der Waals surface area contributed by atoms with Gasteiger partial charge in [0.25, 0.3) is 5.69 Å².